The Morgan fingerprint density at radius 1 is 0.917 bits per heavy atom. The summed E-state index contributed by atoms with van der Waals surface area (Å²) >= 11 is 0. The molecule has 1 aliphatic carbocycles. The standard InChI is InChI=1S/C29H29NO6/c31-19-29-18-30(14-26(35-29)27(36-29)17-33-15-20-8-2-1-3-9-20)28(32)34-16-25-23-12-6-4-10-21(23)22-11-5-7-13-24(22)25/h1-13,25-27,31H,14-19H2/t26-,27-,29+/m0/s1. The lowest BCUT2D eigenvalue weighted by Gasteiger charge is -2.36. The summed E-state index contributed by atoms with van der Waals surface area (Å²) < 4.78 is 23.8. The van der Waals surface area contributed by atoms with Gasteiger partial charge in [0.25, 0.3) is 0 Å². The largest absolute Gasteiger partial charge is 0.448 e. The molecule has 2 heterocycles. The molecule has 3 aromatic rings. The molecule has 3 aromatic carbocycles. The molecule has 1 amide bonds. The molecule has 6 rings (SSSR count). The Morgan fingerprint density at radius 2 is 1.58 bits per heavy atom. The Balaban J connectivity index is 1.09. The van der Waals surface area contributed by atoms with Gasteiger partial charge in [0.2, 0.25) is 5.79 Å². The summed E-state index contributed by atoms with van der Waals surface area (Å²) in [7, 11) is 0. The Kier molecular flexibility index (Phi) is 6.23. The molecular weight excluding hydrogens is 458 g/mol. The van der Waals surface area contributed by atoms with Crippen molar-refractivity contribution in [2.45, 2.75) is 30.5 Å². The van der Waals surface area contributed by atoms with Crippen LogP contribution in [0.25, 0.3) is 11.1 Å². The number of fused-ring (bicyclic) bond motifs is 5. The van der Waals surface area contributed by atoms with E-state index in [0.717, 1.165) is 5.56 Å². The van der Waals surface area contributed by atoms with Gasteiger partial charge in [-0.15, -0.1) is 0 Å². The maximum Gasteiger partial charge on any atom is 0.410 e. The predicted octanol–water partition coefficient (Wildman–Crippen LogP) is 3.94. The molecule has 0 spiro atoms. The van der Waals surface area contributed by atoms with E-state index in [-0.39, 0.29) is 31.8 Å². The van der Waals surface area contributed by atoms with Gasteiger partial charge in [0.05, 0.1) is 32.9 Å². The maximum absolute atomic E-state index is 13.1. The van der Waals surface area contributed by atoms with Gasteiger partial charge in [-0.1, -0.05) is 78.9 Å². The topological polar surface area (TPSA) is 77.5 Å². The number of morpholine rings is 1. The monoisotopic (exact) mass is 487 g/mol. The van der Waals surface area contributed by atoms with Crippen molar-refractivity contribution < 1.29 is 28.8 Å². The van der Waals surface area contributed by atoms with Gasteiger partial charge in [-0.2, -0.15) is 0 Å². The third-order valence-corrected chi connectivity index (χ3v) is 7.21. The minimum atomic E-state index is -1.25. The quantitative estimate of drug-likeness (QED) is 0.544. The second-order valence-corrected chi connectivity index (χ2v) is 9.57. The van der Waals surface area contributed by atoms with Gasteiger partial charge in [0.15, 0.2) is 0 Å². The summed E-state index contributed by atoms with van der Waals surface area (Å²) in [5.74, 6) is -1.27. The lowest BCUT2D eigenvalue weighted by molar-refractivity contribution is -0.224. The highest BCUT2D eigenvalue weighted by atomic mass is 16.8. The summed E-state index contributed by atoms with van der Waals surface area (Å²) in [5.41, 5.74) is 5.77. The van der Waals surface area contributed by atoms with Crippen LogP contribution in [0, 0.1) is 0 Å². The second-order valence-electron chi connectivity index (χ2n) is 9.57. The average Bonchev–Trinajstić information content (AvgIpc) is 3.38. The van der Waals surface area contributed by atoms with Crippen molar-refractivity contribution in [2.75, 3.05) is 32.9 Å². The van der Waals surface area contributed by atoms with E-state index in [0.29, 0.717) is 19.8 Å². The van der Waals surface area contributed by atoms with Gasteiger partial charge >= 0.3 is 6.09 Å². The Bertz CT molecular complexity index is 1190. The van der Waals surface area contributed by atoms with Crippen molar-refractivity contribution >= 4 is 6.09 Å². The fourth-order valence-corrected chi connectivity index (χ4v) is 5.49. The summed E-state index contributed by atoms with van der Waals surface area (Å²) in [5, 5.41) is 10.0. The highest BCUT2D eigenvalue weighted by Gasteiger charge is 2.54. The van der Waals surface area contributed by atoms with Crippen molar-refractivity contribution in [1.82, 2.24) is 4.90 Å². The van der Waals surface area contributed by atoms with Crippen LogP contribution in [0.2, 0.25) is 0 Å². The van der Waals surface area contributed by atoms with E-state index in [1.165, 1.54) is 22.3 Å². The molecular formula is C29H29NO6. The van der Waals surface area contributed by atoms with Crippen molar-refractivity contribution in [3.05, 3.63) is 95.6 Å². The molecule has 0 saturated carbocycles. The van der Waals surface area contributed by atoms with Crippen LogP contribution in [0.3, 0.4) is 0 Å². The van der Waals surface area contributed by atoms with Crippen LogP contribution in [-0.2, 0) is 25.6 Å². The van der Waals surface area contributed by atoms with Gasteiger partial charge in [-0.25, -0.2) is 4.79 Å². The average molecular weight is 488 g/mol. The molecule has 3 atom stereocenters. The molecule has 2 fully saturated rings. The molecule has 7 heteroatoms. The fraction of sp³-hybridized carbons (Fsp3) is 0.345. The molecule has 2 aliphatic heterocycles. The number of ether oxygens (including phenoxy) is 4. The van der Waals surface area contributed by atoms with E-state index in [1.807, 2.05) is 54.6 Å². The van der Waals surface area contributed by atoms with Crippen LogP contribution in [-0.4, -0.2) is 67.0 Å². The van der Waals surface area contributed by atoms with Gasteiger partial charge < -0.3 is 24.1 Å². The molecule has 1 N–H and O–H groups in total. The van der Waals surface area contributed by atoms with E-state index < -0.39 is 18.0 Å². The number of nitrogens with zero attached hydrogens (tertiary/aromatic N) is 1. The van der Waals surface area contributed by atoms with E-state index in [1.54, 1.807) is 4.90 Å². The van der Waals surface area contributed by atoms with Gasteiger partial charge in [-0.05, 0) is 27.8 Å². The number of hydrogen-bond acceptors (Lipinski definition) is 6. The predicted molar refractivity (Wildman–Crippen MR) is 132 cm³/mol. The zero-order chi connectivity index (χ0) is 24.5. The van der Waals surface area contributed by atoms with Gasteiger partial charge in [-0.3, -0.25) is 4.90 Å². The van der Waals surface area contributed by atoms with E-state index in [4.69, 9.17) is 18.9 Å². The summed E-state index contributed by atoms with van der Waals surface area (Å²) in [4.78, 5) is 14.7. The third kappa shape index (κ3) is 4.29. The number of aliphatic hydroxyl groups is 1. The number of aliphatic hydroxyl groups excluding tert-OH is 1. The number of rotatable bonds is 7. The molecule has 2 bridgehead atoms. The number of hydrogen-bond donors (Lipinski definition) is 1. The molecule has 186 valence electrons. The Morgan fingerprint density at radius 3 is 2.28 bits per heavy atom. The third-order valence-electron chi connectivity index (χ3n) is 7.21. The van der Waals surface area contributed by atoms with Crippen LogP contribution in [0.5, 0.6) is 0 Å². The Hall–Kier alpha value is -3.23. The molecule has 0 aromatic heterocycles. The highest BCUT2D eigenvalue weighted by molar-refractivity contribution is 5.79. The van der Waals surface area contributed by atoms with Crippen LogP contribution in [0.4, 0.5) is 4.79 Å². The number of carbonyl (C=O) groups is 1. The van der Waals surface area contributed by atoms with Gasteiger partial charge in [0, 0.05) is 5.92 Å². The first-order valence-corrected chi connectivity index (χ1v) is 12.3. The van der Waals surface area contributed by atoms with Crippen molar-refractivity contribution in [3.8, 4) is 11.1 Å². The number of carbonyl (C=O) groups excluding carboxylic acids is 1. The number of amides is 1. The zero-order valence-corrected chi connectivity index (χ0v) is 19.9. The lowest BCUT2D eigenvalue weighted by Crippen LogP contribution is -2.55. The molecule has 3 aliphatic rings. The van der Waals surface area contributed by atoms with Crippen LogP contribution in [0.15, 0.2) is 78.9 Å². The van der Waals surface area contributed by atoms with Crippen molar-refractivity contribution in [3.63, 3.8) is 0 Å². The minimum Gasteiger partial charge on any atom is -0.448 e. The summed E-state index contributed by atoms with van der Waals surface area (Å²) in [6.07, 6.45) is -1.22. The van der Waals surface area contributed by atoms with Crippen LogP contribution < -0.4 is 0 Å². The first-order chi connectivity index (χ1) is 17.7. The van der Waals surface area contributed by atoms with Gasteiger partial charge in [0.1, 0.15) is 18.8 Å². The Labute approximate surface area is 210 Å². The normalized spacial score (nSPS) is 24.4. The molecule has 36 heavy (non-hydrogen) atoms. The van der Waals surface area contributed by atoms with Crippen molar-refractivity contribution in [2.24, 2.45) is 0 Å². The highest BCUT2D eigenvalue weighted by Crippen LogP contribution is 2.44. The molecule has 7 nitrogen and oxygen atoms in total. The fourth-order valence-electron chi connectivity index (χ4n) is 5.49. The van der Waals surface area contributed by atoms with Crippen molar-refractivity contribution in [1.29, 1.82) is 0 Å². The first kappa shape index (κ1) is 23.2. The SMILES string of the molecule is O=C(OCC1c2ccccc2-c2ccccc21)N1C[C@@H]2O[C@](CO)(C1)O[C@H]2COCc1ccccc1. The zero-order valence-electron chi connectivity index (χ0n) is 19.9. The van der Waals surface area contributed by atoms with E-state index in [9.17, 15) is 9.90 Å². The maximum atomic E-state index is 13.1. The smallest absolute Gasteiger partial charge is 0.410 e. The number of benzene rings is 3. The first-order valence-electron chi connectivity index (χ1n) is 12.3. The molecule has 0 unspecified atom stereocenters. The van der Waals surface area contributed by atoms with Crippen LogP contribution >= 0.6 is 0 Å². The molecule has 0 radical (unpaired) electrons. The minimum absolute atomic E-state index is 0.0127. The second kappa shape index (κ2) is 9.67. The summed E-state index contributed by atoms with van der Waals surface area (Å²) in [6.45, 7) is 1.07. The molecule has 2 saturated heterocycles. The van der Waals surface area contributed by atoms with E-state index in [2.05, 4.69) is 24.3 Å². The van der Waals surface area contributed by atoms with E-state index >= 15 is 0 Å². The summed E-state index contributed by atoms with van der Waals surface area (Å²) in [6, 6.07) is 26.4. The lowest BCUT2D eigenvalue weighted by atomic mass is 9.98. The van der Waals surface area contributed by atoms with Crippen LogP contribution in [0.1, 0.15) is 22.6 Å².